The average molecular weight is 834 g/mol. The van der Waals surface area contributed by atoms with Gasteiger partial charge in [-0.1, -0.05) is 178 Å². The first-order valence-corrected chi connectivity index (χ1v) is 22.5. The highest BCUT2D eigenvalue weighted by Gasteiger charge is 2.53. The Hall–Kier alpha value is -8.14. The van der Waals surface area contributed by atoms with Crippen molar-refractivity contribution in [2.75, 3.05) is 4.90 Å². The molecule has 308 valence electrons. The fraction of sp³-hybridized carbons (Fsp3) is 0.0645. The largest absolute Gasteiger partial charge is 0.456 e. The molecule has 2 heterocycles. The number of para-hydroxylation sites is 2. The van der Waals surface area contributed by atoms with E-state index < -0.39 is 5.41 Å². The van der Waals surface area contributed by atoms with Crippen LogP contribution in [-0.2, 0) is 10.8 Å². The average Bonchev–Trinajstić information content (AvgIpc) is 3.74. The Labute approximate surface area is 378 Å². The normalized spacial score (nSPS) is 15.5. The maximum absolute atomic E-state index is 6.98. The molecule has 0 saturated heterocycles. The van der Waals surface area contributed by atoms with Gasteiger partial charge in [-0.05, 0) is 104 Å². The van der Waals surface area contributed by atoms with Crippen molar-refractivity contribution in [3.63, 3.8) is 0 Å². The SMILES string of the molecule is CC1(C)c2ccccc2C2(c3ccccc3Oc3c2ccc2ccccc32)c2cc(-c3ccc(N(c4ccc(-c5ccccc5)cc4)c4ccc5c(c4)oc4ccccc45)cc3)ccc21. The first-order chi connectivity index (χ1) is 32.0. The van der Waals surface area contributed by atoms with Gasteiger partial charge in [-0.2, -0.15) is 0 Å². The molecule has 0 N–H and O–H groups in total. The van der Waals surface area contributed by atoms with E-state index in [0.29, 0.717) is 0 Å². The molecule has 0 amide bonds. The molecule has 1 aliphatic carbocycles. The lowest BCUT2D eigenvalue weighted by molar-refractivity contribution is 0.430. The summed E-state index contributed by atoms with van der Waals surface area (Å²) in [5.41, 5.74) is 16.3. The minimum Gasteiger partial charge on any atom is -0.456 e. The van der Waals surface area contributed by atoms with E-state index >= 15 is 0 Å². The van der Waals surface area contributed by atoms with Gasteiger partial charge in [-0.3, -0.25) is 0 Å². The van der Waals surface area contributed by atoms with Crippen LogP contribution in [0.1, 0.15) is 47.2 Å². The van der Waals surface area contributed by atoms with Crippen LogP contribution in [0.3, 0.4) is 0 Å². The van der Waals surface area contributed by atoms with E-state index in [-0.39, 0.29) is 5.41 Å². The second-order valence-corrected chi connectivity index (χ2v) is 18.0. The maximum Gasteiger partial charge on any atom is 0.140 e. The third-order valence-corrected chi connectivity index (χ3v) is 14.2. The fourth-order valence-electron chi connectivity index (χ4n) is 11.1. The van der Waals surface area contributed by atoms with Gasteiger partial charge in [0.05, 0.1) is 5.41 Å². The summed E-state index contributed by atoms with van der Waals surface area (Å²) in [4.78, 5) is 2.33. The maximum atomic E-state index is 6.98. The third kappa shape index (κ3) is 5.55. The van der Waals surface area contributed by atoms with Gasteiger partial charge in [0, 0.05) is 55.8 Å². The zero-order chi connectivity index (χ0) is 43.3. The molecule has 10 aromatic carbocycles. The van der Waals surface area contributed by atoms with Crippen LogP contribution >= 0.6 is 0 Å². The smallest absolute Gasteiger partial charge is 0.140 e. The lowest BCUT2D eigenvalue weighted by Crippen LogP contribution is -2.43. The molecule has 1 aliphatic heterocycles. The van der Waals surface area contributed by atoms with Gasteiger partial charge in [-0.15, -0.1) is 0 Å². The third-order valence-electron chi connectivity index (χ3n) is 14.2. The van der Waals surface area contributed by atoms with Crippen molar-refractivity contribution in [2.45, 2.75) is 24.7 Å². The number of nitrogens with zero attached hydrogens (tertiary/aromatic N) is 1. The van der Waals surface area contributed by atoms with E-state index in [1.54, 1.807) is 0 Å². The predicted octanol–water partition coefficient (Wildman–Crippen LogP) is 16.7. The molecule has 1 spiro atoms. The summed E-state index contributed by atoms with van der Waals surface area (Å²) in [5.74, 6) is 1.82. The lowest BCUT2D eigenvalue weighted by Gasteiger charge is -2.50. The Morgan fingerprint density at radius 1 is 0.354 bits per heavy atom. The van der Waals surface area contributed by atoms with Crippen LogP contribution in [0, 0.1) is 0 Å². The van der Waals surface area contributed by atoms with Gasteiger partial charge >= 0.3 is 0 Å². The number of fused-ring (bicyclic) bond motifs is 13. The highest BCUT2D eigenvalue weighted by atomic mass is 16.5. The van der Waals surface area contributed by atoms with Crippen molar-refractivity contribution >= 4 is 49.8 Å². The van der Waals surface area contributed by atoms with Crippen molar-refractivity contribution in [3.8, 4) is 33.8 Å². The van der Waals surface area contributed by atoms with Crippen molar-refractivity contribution in [1.29, 1.82) is 0 Å². The first-order valence-electron chi connectivity index (χ1n) is 22.5. The molecule has 3 heteroatoms. The lowest BCUT2D eigenvalue weighted by atomic mass is 9.53. The Balaban J connectivity index is 0.979. The molecule has 1 aromatic heterocycles. The van der Waals surface area contributed by atoms with Gasteiger partial charge in [-0.25, -0.2) is 0 Å². The topological polar surface area (TPSA) is 25.6 Å². The summed E-state index contributed by atoms with van der Waals surface area (Å²) in [6.45, 7) is 4.75. The monoisotopic (exact) mass is 833 g/mol. The van der Waals surface area contributed by atoms with Crippen LogP contribution in [0.25, 0.3) is 55.0 Å². The molecular weight excluding hydrogens is 791 g/mol. The number of hydrogen-bond acceptors (Lipinski definition) is 3. The summed E-state index contributed by atoms with van der Waals surface area (Å²) in [6.07, 6.45) is 0. The number of furan rings is 1. The van der Waals surface area contributed by atoms with Crippen LogP contribution < -0.4 is 9.64 Å². The number of hydrogen-bond donors (Lipinski definition) is 0. The quantitative estimate of drug-likeness (QED) is 0.173. The molecule has 0 fully saturated rings. The summed E-state index contributed by atoms with van der Waals surface area (Å²) in [7, 11) is 0. The van der Waals surface area contributed by atoms with Gasteiger partial charge < -0.3 is 14.1 Å². The molecular formula is C62H43NO2. The molecule has 13 rings (SSSR count). The van der Waals surface area contributed by atoms with Gasteiger partial charge in [0.2, 0.25) is 0 Å². The summed E-state index contributed by atoms with van der Waals surface area (Å²) in [6, 6.07) is 81.4. The Bertz CT molecular complexity index is 3660. The number of benzene rings is 10. The van der Waals surface area contributed by atoms with Crippen molar-refractivity contribution in [2.24, 2.45) is 0 Å². The van der Waals surface area contributed by atoms with E-state index in [2.05, 4.69) is 231 Å². The van der Waals surface area contributed by atoms with Crippen molar-refractivity contribution in [3.05, 3.63) is 258 Å². The van der Waals surface area contributed by atoms with E-state index in [1.807, 2.05) is 12.1 Å². The molecule has 65 heavy (non-hydrogen) atoms. The van der Waals surface area contributed by atoms with Gasteiger partial charge in [0.15, 0.2) is 0 Å². The van der Waals surface area contributed by atoms with Crippen LogP contribution in [-0.4, -0.2) is 0 Å². The zero-order valence-corrected chi connectivity index (χ0v) is 36.1. The Kier molecular flexibility index (Phi) is 8.17. The molecule has 3 nitrogen and oxygen atoms in total. The van der Waals surface area contributed by atoms with E-state index in [4.69, 9.17) is 9.15 Å². The Morgan fingerprint density at radius 3 is 1.69 bits per heavy atom. The second kappa shape index (κ2) is 14.2. The highest BCUT2D eigenvalue weighted by Crippen LogP contribution is 2.62. The first kappa shape index (κ1) is 37.4. The molecule has 1 unspecified atom stereocenters. The van der Waals surface area contributed by atoms with Crippen LogP contribution in [0.2, 0.25) is 0 Å². The molecule has 11 aromatic rings. The molecule has 0 radical (unpaired) electrons. The summed E-state index contributed by atoms with van der Waals surface area (Å²) < 4.78 is 13.4. The highest BCUT2D eigenvalue weighted by molar-refractivity contribution is 6.06. The van der Waals surface area contributed by atoms with Gasteiger partial charge in [0.1, 0.15) is 22.7 Å². The molecule has 0 bridgehead atoms. The van der Waals surface area contributed by atoms with E-state index in [9.17, 15) is 0 Å². The van der Waals surface area contributed by atoms with Crippen LogP contribution in [0.4, 0.5) is 17.1 Å². The molecule has 1 atom stereocenters. The number of ether oxygens (including phenoxy) is 1. The predicted molar refractivity (Wildman–Crippen MR) is 267 cm³/mol. The van der Waals surface area contributed by atoms with Gasteiger partial charge in [0.25, 0.3) is 0 Å². The summed E-state index contributed by atoms with van der Waals surface area (Å²) in [5, 5.41) is 4.51. The Morgan fingerprint density at radius 2 is 0.908 bits per heavy atom. The molecule has 2 aliphatic rings. The van der Waals surface area contributed by atoms with E-state index in [1.165, 1.54) is 44.5 Å². The van der Waals surface area contributed by atoms with Crippen molar-refractivity contribution in [1.82, 2.24) is 0 Å². The summed E-state index contributed by atoms with van der Waals surface area (Å²) >= 11 is 0. The second-order valence-electron chi connectivity index (χ2n) is 18.0. The number of anilines is 3. The fourth-order valence-corrected chi connectivity index (χ4v) is 11.1. The standard InChI is InChI=1S/C62H43NO2/c1-61(2)51-19-9-10-20-53(51)62(54-21-11-13-23-58(54)65-60-48-17-7-6-16-43(48)28-37-55(60)62)56-38-44(29-36-52(56)61)42-26-32-46(33-27-42)63(45-30-24-41(25-31-45)40-14-4-3-5-15-40)47-34-35-50-49-18-8-12-22-57(49)64-59(50)39-47/h3-39H,1-2H3. The minimum atomic E-state index is -0.621. The number of rotatable bonds is 5. The zero-order valence-electron chi connectivity index (χ0n) is 36.1. The van der Waals surface area contributed by atoms with E-state index in [0.717, 1.165) is 72.4 Å². The molecule has 0 saturated carbocycles. The van der Waals surface area contributed by atoms with Crippen LogP contribution in [0.5, 0.6) is 11.5 Å². The van der Waals surface area contributed by atoms with Crippen LogP contribution in [0.15, 0.2) is 229 Å². The minimum absolute atomic E-state index is 0.249. The van der Waals surface area contributed by atoms with Crippen molar-refractivity contribution < 1.29 is 9.15 Å².